The third kappa shape index (κ3) is 3.58. The molecule has 0 aliphatic carbocycles. The second-order valence-electron chi connectivity index (χ2n) is 7.09. The molecule has 2 aromatic carbocycles. The number of aliphatic hydroxyl groups excluding tert-OH is 1. The number of halogens is 1. The molecule has 1 saturated heterocycles. The van der Waals surface area contributed by atoms with Crippen LogP contribution in [0.2, 0.25) is 5.02 Å². The topological polar surface area (TPSA) is 102 Å². The van der Waals surface area contributed by atoms with Gasteiger partial charge in [0.2, 0.25) is 0 Å². The maximum atomic E-state index is 13.1. The van der Waals surface area contributed by atoms with Crippen molar-refractivity contribution in [2.45, 2.75) is 13.0 Å². The summed E-state index contributed by atoms with van der Waals surface area (Å²) >= 11 is 6.03. The zero-order valence-corrected chi connectivity index (χ0v) is 18.2. The predicted octanol–water partition coefficient (Wildman–Crippen LogP) is 4.28. The third-order valence-electron chi connectivity index (χ3n) is 5.15. The number of aromatic nitrogens is 1. The van der Waals surface area contributed by atoms with Crippen LogP contribution in [0.5, 0.6) is 11.5 Å². The van der Waals surface area contributed by atoms with Crippen LogP contribution in [-0.4, -0.2) is 36.2 Å². The van der Waals surface area contributed by atoms with Crippen molar-refractivity contribution in [3.05, 3.63) is 76.0 Å². The van der Waals surface area contributed by atoms with Gasteiger partial charge in [0.05, 0.1) is 25.8 Å². The lowest BCUT2D eigenvalue weighted by atomic mass is 9.95. The van der Waals surface area contributed by atoms with Crippen molar-refractivity contribution in [3.63, 3.8) is 0 Å². The highest BCUT2D eigenvalue weighted by Crippen LogP contribution is 2.42. The van der Waals surface area contributed by atoms with E-state index in [-0.39, 0.29) is 22.7 Å². The van der Waals surface area contributed by atoms with E-state index < -0.39 is 17.7 Å². The van der Waals surface area contributed by atoms with Gasteiger partial charge in [-0.2, -0.15) is 0 Å². The number of ketones is 1. The normalized spacial score (nSPS) is 17.6. The quantitative estimate of drug-likeness (QED) is 0.348. The Morgan fingerprint density at radius 3 is 2.34 bits per heavy atom. The van der Waals surface area contributed by atoms with Gasteiger partial charge in [0.1, 0.15) is 11.5 Å². The van der Waals surface area contributed by atoms with Crippen LogP contribution in [0.1, 0.15) is 22.9 Å². The number of amides is 1. The van der Waals surface area contributed by atoms with Crippen LogP contribution in [0, 0.1) is 6.92 Å². The summed E-state index contributed by atoms with van der Waals surface area (Å²) in [5, 5.41) is 15.6. The Morgan fingerprint density at radius 1 is 1.06 bits per heavy atom. The molecular weight excluding hydrogens is 436 g/mol. The van der Waals surface area contributed by atoms with Gasteiger partial charge in [0, 0.05) is 16.7 Å². The molecule has 1 aromatic heterocycles. The maximum Gasteiger partial charge on any atom is 0.301 e. The van der Waals surface area contributed by atoms with Crippen molar-refractivity contribution in [3.8, 4) is 11.5 Å². The van der Waals surface area contributed by atoms with Gasteiger partial charge in [0.15, 0.2) is 17.3 Å². The van der Waals surface area contributed by atoms with E-state index in [4.69, 9.17) is 25.6 Å². The van der Waals surface area contributed by atoms with Crippen molar-refractivity contribution in [1.29, 1.82) is 0 Å². The van der Waals surface area contributed by atoms with Crippen LogP contribution in [0.25, 0.3) is 5.76 Å². The Hall–Kier alpha value is -3.78. The second kappa shape index (κ2) is 8.39. The highest BCUT2D eigenvalue weighted by Gasteiger charge is 2.48. The van der Waals surface area contributed by atoms with Crippen LogP contribution in [-0.2, 0) is 9.59 Å². The average Bonchev–Trinajstić information content (AvgIpc) is 3.34. The fourth-order valence-corrected chi connectivity index (χ4v) is 3.76. The SMILES string of the molecule is COc1ccc(C(O)=C2C(=O)C(=O)N(c3cc(C)on3)[C@@H]2c2ccc(Cl)cc2)cc1OC. The summed E-state index contributed by atoms with van der Waals surface area (Å²) < 4.78 is 15.6. The first-order valence-corrected chi connectivity index (χ1v) is 9.95. The average molecular weight is 455 g/mol. The lowest BCUT2D eigenvalue weighted by molar-refractivity contribution is -0.132. The lowest BCUT2D eigenvalue weighted by Gasteiger charge is -2.23. The lowest BCUT2D eigenvalue weighted by Crippen LogP contribution is -2.29. The molecule has 1 amide bonds. The van der Waals surface area contributed by atoms with Crippen LogP contribution in [0.3, 0.4) is 0 Å². The van der Waals surface area contributed by atoms with Crippen molar-refractivity contribution in [1.82, 2.24) is 5.16 Å². The third-order valence-corrected chi connectivity index (χ3v) is 5.40. The minimum atomic E-state index is -0.940. The number of carbonyl (C=O) groups excluding carboxylic acids is 2. The van der Waals surface area contributed by atoms with Gasteiger partial charge in [-0.25, -0.2) is 0 Å². The standard InChI is InChI=1S/C23H19ClN2O6/c1-12-10-18(25-32-12)26-20(13-4-7-15(24)8-5-13)19(22(28)23(26)29)21(27)14-6-9-16(30-2)17(11-14)31-3/h4-11,20,27H,1-3H3/t20-/m1/s1. The molecule has 0 radical (unpaired) electrons. The van der Waals surface area contributed by atoms with Gasteiger partial charge < -0.3 is 19.1 Å². The smallest absolute Gasteiger partial charge is 0.301 e. The maximum absolute atomic E-state index is 13.1. The Balaban J connectivity index is 1.93. The number of hydrogen-bond acceptors (Lipinski definition) is 7. The molecule has 1 fully saturated rings. The second-order valence-corrected chi connectivity index (χ2v) is 7.52. The number of nitrogens with zero attached hydrogens (tertiary/aromatic N) is 2. The fourth-order valence-electron chi connectivity index (χ4n) is 3.64. The summed E-state index contributed by atoms with van der Waals surface area (Å²) in [6, 6.07) is 12.0. The zero-order chi connectivity index (χ0) is 23.0. The van der Waals surface area contributed by atoms with E-state index >= 15 is 0 Å². The van der Waals surface area contributed by atoms with Crippen LogP contribution >= 0.6 is 11.6 Å². The van der Waals surface area contributed by atoms with E-state index in [1.807, 2.05) is 0 Å². The van der Waals surface area contributed by atoms with Crippen LogP contribution in [0.15, 0.2) is 58.6 Å². The van der Waals surface area contributed by atoms with Crippen molar-refractivity contribution < 1.29 is 28.7 Å². The summed E-state index contributed by atoms with van der Waals surface area (Å²) in [4.78, 5) is 27.3. The summed E-state index contributed by atoms with van der Waals surface area (Å²) in [7, 11) is 2.95. The molecule has 0 spiro atoms. The number of aryl methyl sites for hydroxylation is 1. The monoisotopic (exact) mass is 454 g/mol. The first-order valence-electron chi connectivity index (χ1n) is 9.58. The molecule has 0 unspecified atom stereocenters. The minimum Gasteiger partial charge on any atom is -0.507 e. The molecule has 1 aliphatic rings. The summed E-state index contributed by atoms with van der Waals surface area (Å²) in [6.07, 6.45) is 0. The molecule has 8 nitrogen and oxygen atoms in total. The van der Waals surface area contributed by atoms with Gasteiger partial charge in [-0.3, -0.25) is 14.5 Å². The van der Waals surface area contributed by atoms with Crippen molar-refractivity contribution in [2.75, 3.05) is 19.1 Å². The summed E-state index contributed by atoms with van der Waals surface area (Å²) in [5.41, 5.74) is 0.762. The number of anilines is 1. The van der Waals surface area contributed by atoms with E-state index in [1.165, 1.54) is 25.2 Å². The van der Waals surface area contributed by atoms with Crippen molar-refractivity contribution in [2.24, 2.45) is 0 Å². The van der Waals surface area contributed by atoms with Crippen LogP contribution in [0.4, 0.5) is 5.82 Å². The Morgan fingerprint density at radius 2 is 1.75 bits per heavy atom. The number of carbonyl (C=O) groups is 2. The predicted molar refractivity (Wildman–Crippen MR) is 117 cm³/mol. The summed E-state index contributed by atoms with van der Waals surface area (Å²) in [5.74, 6) is -0.588. The zero-order valence-electron chi connectivity index (χ0n) is 17.5. The summed E-state index contributed by atoms with van der Waals surface area (Å²) in [6.45, 7) is 1.67. The van der Waals surface area contributed by atoms with Crippen LogP contribution < -0.4 is 14.4 Å². The molecule has 1 atom stereocenters. The number of Topliss-reactive ketones (excluding diaryl/α,β-unsaturated/α-hetero) is 1. The van der Waals surface area contributed by atoms with E-state index in [0.29, 0.717) is 27.8 Å². The molecule has 1 N–H and O–H groups in total. The van der Waals surface area contributed by atoms with Gasteiger partial charge in [0.25, 0.3) is 5.78 Å². The van der Waals surface area contributed by atoms with Gasteiger partial charge in [-0.05, 0) is 42.8 Å². The fraction of sp³-hybridized carbons (Fsp3) is 0.174. The number of benzene rings is 2. The number of methoxy groups -OCH3 is 2. The molecule has 9 heteroatoms. The largest absolute Gasteiger partial charge is 0.507 e. The van der Waals surface area contributed by atoms with E-state index in [9.17, 15) is 14.7 Å². The number of aliphatic hydroxyl groups is 1. The highest BCUT2D eigenvalue weighted by atomic mass is 35.5. The molecule has 3 aromatic rings. The van der Waals surface area contributed by atoms with Gasteiger partial charge in [-0.1, -0.05) is 28.9 Å². The molecule has 164 valence electrons. The molecule has 1 aliphatic heterocycles. The molecular formula is C23H19ClN2O6. The highest BCUT2D eigenvalue weighted by molar-refractivity contribution is 6.51. The molecule has 32 heavy (non-hydrogen) atoms. The number of hydrogen-bond donors (Lipinski definition) is 1. The van der Waals surface area contributed by atoms with E-state index in [2.05, 4.69) is 5.16 Å². The first-order chi connectivity index (χ1) is 15.3. The van der Waals surface area contributed by atoms with Gasteiger partial charge >= 0.3 is 5.91 Å². The minimum absolute atomic E-state index is 0.0924. The Kier molecular flexibility index (Phi) is 5.63. The Labute approximate surface area is 188 Å². The molecule has 0 bridgehead atoms. The van der Waals surface area contributed by atoms with E-state index in [1.54, 1.807) is 49.4 Å². The Bertz CT molecular complexity index is 1230. The van der Waals surface area contributed by atoms with Gasteiger partial charge in [-0.15, -0.1) is 0 Å². The number of ether oxygens (including phenoxy) is 2. The van der Waals surface area contributed by atoms with E-state index in [0.717, 1.165) is 0 Å². The molecule has 4 rings (SSSR count). The molecule has 2 heterocycles. The first kappa shape index (κ1) is 21.5. The number of rotatable bonds is 5. The van der Waals surface area contributed by atoms with Crippen molar-refractivity contribution >= 4 is 34.9 Å². The molecule has 0 saturated carbocycles.